The summed E-state index contributed by atoms with van der Waals surface area (Å²) in [6.07, 6.45) is 3.93. The molecule has 2 aromatic carbocycles. The lowest BCUT2D eigenvalue weighted by atomic mass is 10.0. The Balaban J connectivity index is 2.02. The molecular formula is C22H19N4+. The van der Waals surface area contributed by atoms with Crippen LogP contribution in [0.1, 0.15) is 11.3 Å². The van der Waals surface area contributed by atoms with E-state index in [0.717, 1.165) is 28.2 Å². The minimum absolute atomic E-state index is 0.627. The van der Waals surface area contributed by atoms with Crippen molar-refractivity contribution >= 4 is 16.5 Å². The summed E-state index contributed by atoms with van der Waals surface area (Å²) in [5.74, 6) is 0. The van der Waals surface area contributed by atoms with Crippen molar-refractivity contribution in [3.8, 4) is 16.9 Å². The van der Waals surface area contributed by atoms with Gasteiger partial charge in [0.2, 0.25) is 5.69 Å². The third kappa shape index (κ3) is 2.55. The molecule has 4 nitrogen and oxygen atoms in total. The van der Waals surface area contributed by atoms with E-state index >= 15 is 0 Å². The molecule has 0 atom stereocenters. The van der Waals surface area contributed by atoms with Crippen LogP contribution in [-0.4, -0.2) is 9.78 Å². The molecule has 0 fully saturated rings. The Morgan fingerprint density at radius 3 is 2.50 bits per heavy atom. The third-order valence-corrected chi connectivity index (χ3v) is 4.86. The van der Waals surface area contributed by atoms with Gasteiger partial charge in [-0.25, -0.2) is 4.85 Å². The van der Waals surface area contributed by atoms with Crippen LogP contribution in [0.15, 0.2) is 60.9 Å². The van der Waals surface area contributed by atoms with Crippen LogP contribution in [0.3, 0.4) is 0 Å². The molecule has 126 valence electrons. The molecule has 0 bridgehead atoms. The maximum atomic E-state index is 7.53. The van der Waals surface area contributed by atoms with Crippen molar-refractivity contribution in [3.63, 3.8) is 0 Å². The Kier molecular flexibility index (Phi) is 3.78. The Morgan fingerprint density at radius 2 is 1.81 bits per heavy atom. The van der Waals surface area contributed by atoms with Crippen LogP contribution in [0, 0.1) is 20.4 Å². The fourth-order valence-corrected chi connectivity index (χ4v) is 3.46. The predicted octanol–water partition coefficient (Wildman–Crippen LogP) is 4.68. The molecule has 0 saturated carbocycles. The van der Waals surface area contributed by atoms with Crippen LogP contribution >= 0.6 is 0 Å². The van der Waals surface area contributed by atoms with Crippen LogP contribution in [0.2, 0.25) is 0 Å². The topological polar surface area (TPSA) is 26.1 Å². The van der Waals surface area contributed by atoms with Gasteiger partial charge in [0.15, 0.2) is 17.6 Å². The first kappa shape index (κ1) is 16.0. The zero-order valence-corrected chi connectivity index (χ0v) is 15.1. The molecule has 0 aliphatic heterocycles. The zero-order chi connectivity index (χ0) is 18.3. The molecule has 26 heavy (non-hydrogen) atoms. The number of hydrogen-bond donors (Lipinski definition) is 0. The largest absolute Gasteiger partial charge is 0.268 e. The molecule has 0 unspecified atom stereocenters. The molecule has 2 heterocycles. The quantitative estimate of drug-likeness (QED) is 0.384. The number of rotatable bonds is 2. The normalized spacial score (nSPS) is 10.8. The van der Waals surface area contributed by atoms with Crippen LogP contribution < -0.4 is 4.57 Å². The lowest BCUT2D eigenvalue weighted by Gasteiger charge is -2.11. The number of aryl methyl sites for hydroxylation is 2. The third-order valence-electron chi connectivity index (χ3n) is 4.86. The summed E-state index contributed by atoms with van der Waals surface area (Å²) in [5.41, 5.74) is 5.95. The second-order valence-corrected chi connectivity index (χ2v) is 6.50. The van der Waals surface area contributed by atoms with Gasteiger partial charge in [0.05, 0.1) is 12.3 Å². The van der Waals surface area contributed by atoms with E-state index in [0.29, 0.717) is 5.69 Å². The zero-order valence-electron chi connectivity index (χ0n) is 15.1. The summed E-state index contributed by atoms with van der Waals surface area (Å²) in [6, 6.07) is 16.4. The van der Waals surface area contributed by atoms with Gasteiger partial charge >= 0.3 is 0 Å². The monoisotopic (exact) mass is 339 g/mol. The number of aromatic nitrogens is 3. The number of benzene rings is 2. The Morgan fingerprint density at radius 1 is 1.04 bits per heavy atom. The Labute approximate surface area is 152 Å². The van der Waals surface area contributed by atoms with E-state index in [2.05, 4.69) is 58.8 Å². The molecule has 0 saturated heterocycles. The highest BCUT2D eigenvalue weighted by Crippen LogP contribution is 2.31. The lowest BCUT2D eigenvalue weighted by molar-refractivity contribution is -0.601. The first-order valence-corrected chi connectivity index (χ1v) is 8.50. The van der Waals surface area contributed by atoms with E-state index in [9.17, 15) is 0 Å². The van der Waals surface area contributed by atoms with E-state index < -0.39 is 0 Å². The van der Waals surface area contributed by atoms with Gasteiger partial charge in [-0.05, 0) is 36.1 Å². The Hall–Kier alpha value is -3.45. The van der Waals surface area contributed by atoms with Crippen LogP contribution in [-0.2, 0) is 7.05 Å². The summed E-state index contributed by atoms with van der Waals surface area (Å²) in [4.78, 5) is 3.70. The van der Waals surface area contributed by atoms with Crippen molar-refractivity contribution in [1.29, 1.82) is 0 Å². The van der Waals surface area contributed by atoms with Crippen LogP contribution in [0.25, 0.3) is 32.6 Å². The second-order valence-electron chi connectivity index (χ2n) is 6.50. The summed E-state index contributed by atoms with van der Waals surface area (Å²) < 4.78 is 4.02. The van der Waals surface area contributed by atoms with Gasteiger partial charge in [-0.3, -0.25) is 4.68 Å². The van der Waals surface area contributed by atoms with Gasteiger partial charge in [0.1, 0.15) is 0 Å². The molecule has 0 aliphatic carbocycles. The van der Waals surface area contributed by atoms with Gasteiger partial charge in [-0.1, -0.05) is 18.2 Å². The molecule has 4 aromatic rings. The molecule has 4 heteroatoms. The van der Waals surface area contributed by atoms with Crippen molar-refractivity contribution < 1.29 is 4.57 Å². The Bertz CT molecular complexity index is 1180. The predicted molar refractivity (Wildman–Crippen MR) is 103 cm³/mol. The molecular weight excluding hydrogens is 320 g/mol. The number of pyridine rings is 1. The average Bonchev–Trinajstić information content (AvgIpc) is 3.07. The number of nitrogens with zero attached hydrogens (tertiary/aromatic N) is 4. The van der Waals surface area contributed by atoms with Gasteiger partial charge in [0.25, 0.3) is 0 Å². The first-order valence-electron chi connectivity index (χ1n) is 8.50. The molecule has 0 aliphatic rings. The van der Waals surface area contributed by atoms with Gasteiger partial charge in [0, 0.05) is 43.3 Å². The average molecular weight is 339 g/mol. The van der Waals surface area contributed by atoms with Gasteiger partial charge in [-0.2, -0.15) is 9.67 Å². The van der Waals surface area contributed by atoms with E-state index in [-0.39, 0.29) is 0 Å². The minimum Gasteiger partial charge on any atom is -0.268 e. The molecule has 2 aromatic heterocycles. The van der Waals surface area contributed by atoms with Crippen molar-refractivity contribution in [2.24, 2.45) is 7.05 Å². The fraction of sp³-hybridized carbons (Fsp3) is 0.136. The second kappa shape index (κ2) is 6.12. The smallest absolute Gasteiger partial charge is 0.204 e. The summed E-state index contributed by atoms with van der Waals surface area (Å²) in [7, 11) is 1.92. The highest BCUT2D eigenvalue weighted by molar-refractivity contribution is 5.81. The van der Waals surface area contributed by atoms with E-state index in [1.54, 1.807) is 6.20 Å². The highest BCUT2D eigenvalue weighted by atomic mass is 15.3. The number of fused-ring (bicyclic) bond motifs is 1. The van der Waals surface area contributed by atoms with E-state index in [4.69, 9.17) is 6.57 Å². The molecule has 0 spiro atoms. The lowest BCUT2D eigenvalue weighted by Crippen LogP contribution is -2.34. The summed E-state index contributed by atoms with van der Waals surface area (Å²) in [5, 5.41) is 6.67. The minimum atomic E-state index is 0.627. The van der Waals surface area contributed by atoms with Gasteiger partial charge in [-0.15, -0.1) is 0 Å². The molecule has 0 radical (unpaired) electrons. The SMILES string of the molecule is [C-]#[N+]c1cc(-c2ccnn2C)c(C)c(-[n+]2cc3ccccc3cc2C)c1. The van der Waals surface area contributed by atoms with Crippen molar-refractivity contribution in [2.75, 3.05) is 0 Å². The molecule has 0 amide bonds. The summed E-state index contributed by atoms with van der Waals surface area (Å²) in [6.45, 7) is 11.7. The van der Waals surface area contributed by atoms with Crippen molar-refractivity contribution in [3.05, 3.63) is 83.6 Å². The van der Waals surface area contributed by atoms with E-state index in [1.807, 2.05) is 36.0 Å². The highest BCUT2D eigenvalue weighted by Gasteiger charge is 2.20. The van der Waals surface area contributed by atoms with Crippen LogP contribution in [0.4, 0.5) is 5.69 Å². The molecule has 0 N–H and O–H groups in total. The first-order chi connectivity index (χ1) is 12.6. The van der Waals surface area contributed by atoms with Gasteiger partial charge < -0.3 is 0 Å². The summed E-state index contributed by atoms with van der Waals surface area (Å²) >= 11 is 0. The number of hydrogen-bond acceptors (Lipinski definition) is 1. The maximum Gasteiger partial charge on any atom is 0.204 e. The standard InChI is InChI=1S/C22H19N4/c1-15-11-17-7-5-6-8-18(17)14-26(15)22-13-19(23-3)12-20(16(22)2)21-9-10-24-25(21)4/h5-14H,1-2,4H3/q+1. The van der Waals surface area contributed by atoms with Crippen LogP contribution in [0.5, 0.6) is 0 Å². The molecule has 4 rings (SSSR count). The van der Waals surface area contributed by atoms with Crippen molar-refractivity contribution in [2.45, 2.75) is 13.8 Å². The van der Waals surface area contributed by atoms with Crippen molar-refractivity contribution in [1.82, 2.24) is 9.78 Å². The van der Waals surface area contributed by atoms with E-state index in [1.165, 1.54) is 10.8 Å². The fourth-order valence-electron chi connectivity index (χ4n) is 3.46. The maximum absolute atomic E-state index is 7.53.